The van der Waals surface area contributed by atoms with Gasteiger partial charge in [0.1, 0.15) is 5.82 Å². The first-order chi connectivity index (χ1) is 10.1. The smallest absolute Gasteiger partial charge is 0.337 e. The number of aromatic nitrogens is 2. The lowest BCUT2D eigenvalue weighted by Gasteiger charge is -2.04. The second kappa shape index (κ2) is 4.90. The number of carboxylic acids is 1. The minimum absolute atomic E-state index is 0.0302. The number of carboxylic acid groups (broad SMARTS) is 1. The number of fused-ring (bicyclic) bond motifs is 1. The lowest BCUT2D eigenvalue weighted by atomic mass is 10.2. The van der Waals surface area contributed by atoms with Crippen LogP contribution >= 0.6 is 0 Å². The Morgan fingerprint density at radius 2 is 2.00 bits per heavy atom. The highest BCUT2D eigenvalue weighted by Gasteiger charge is 2.14. The molecule has 0 unspecified atom stereocenters. The number of hydrogen-bond acceptors (Lipinski definition) is 2. The van der Waals surface area contributed by atoms with Crippen LogP contribution in [0.15, 0.2) is 47.3 Å². The number of hydrogen-bond donors (Lipinski definition) is 2. The first-order valence-corrected chi connectivity index (χ1v) is 6.25. The molecule has 0 aliphatic heterocycles. The lowest BCUT2D eigenvalue weighted by Crippen LogP contribution is -2.17. The van der Waals surface area contributed by atoms with Gasteiger partial charge in [0.2, 0.25) is 0 Å². The summed E-state index contributed by atoms with van der Waals surface area (Å²) in [5, 5.41) is 9.13. The van der Waals surface area contributed by atoms with Crippen molar-refractivity contribution < 1.29 is 14.3 Å². The van der Waals surface area contributed by atoms with E-state index in [0.29, 0.717) is 11.1 Å². The van der Waals surface area contributed by atoms with E-state index in [-0.39, 0.29) is 23.4 Å². The minimum atomic E-state index is -1.11. The summed E-state index contributed by atoms with van der Waals surface area (Å²) >= 11 is 0. The van der Waals surface area contributed by atoms with Crippen molar-refractivity contribution in [2.45, 2.75) is 6.54 Å². The van der Waals surface area contributed by atoms with E-state index < -0.39 is 11.7 Å². The van der Waals surface area contributed by atoms with Crippen molar-refractivity contribution in [3.63, 3.8) is 0 Å². The summed E-state index contributed by atoms with van der Waals surface area (Å²) in [5.74, 6) is -1.49. The largest absolute Gasteiger partial charge is 0.478 e. The predicted molar refractivity (Wildman–Crippen MR) is 75.0 cm³/mol. The van der Waals surface area contributed by atoms with Gasteiger partial charge in [-0.15, -0.1) is 0 Å². The molecular formula is C15H11FN2O3. The highest BCUT2D eigenvalue weighted by Crippen LogP contribution is 2.17. The molecule has 1 heterocycles. The number of benzene rings is 2. The monoisotopic (exact) mass is 286 g/mol. The molecule has 5 nitrogen and oxygen atoms in total. The summed E-state index contributed by atoms with van der Waals surface area (Å²) in [6.07, 6.45) is 0. The molecule has 0 bridgehead atoms. The van der Waals surface area contributed by atoms with E-state index >= 15 is 0 Å². The van der Waals surface area contributed by atoms with E-state index in [1.54, 1.807) is 24.3 Å². The van der Waals surface area contributed by atoms with E-state index in [4.69, 9.17) is 5.11 Å². The number of halogens is 1. The van der Waals surface area contributed by atoms with Crippen LogP contribution in [0.5, 0.6) is 0 Å². The minimum Gasteiger partial charge on any atom is -0.478 e. The summed E-state index contributed by atoms with van der Waals surface area (Å²) in [7, 11) is 0. The second-order valence-corrected chi connectivity index (χ2v) is 4.65. The molecule has 0 fully saturated rings. The molecule has 21 heavy (non-hydrogen) atoms. The third-order valence-electron chi connectivity index (χ3n) is 3.27. The Morgan fingerprint density at radius 1 is 1.24 bits per heavy atom. The average Bonchev–Trinajstić information content (AvgIpc) is 2.75. The van der Waals surface area contributed by atoms with Crippen molar-refractivity contribution in [2.24, 2.45) is 0 Å². The Labute approximate surface area is 118 Å². The normalized spacial score (nSPS) is 10.9. The summed E-state index contributed by atoms with van der Waals surface area (Å²) in [6, 6.07) is 10.6. The molecule has 0 spiro atoms. The van der Waals surface area contributed by atoms with Crippen LogP contribution in [-0.4, -0.2) is 20.6 Å². The molecule has 3 aromatic rings. The lowest BCUT2D eigenvalue weighted by molar-refractivity contribution is 0.0699. The number of aromatic carboxylic acids is 1. The van der Waals surface area contributed by atoms with E-state index in [1.807, 2.05) is 0 Å². The number of para-hydroxylation sites is 1. The standard InChI is InChI=1S/C15H11FN2O3/c16-10-4-1-3-9(7-10)8-18-12-6-2-5-11(14(19)20)13(12)17-15(18)21/h1-7H,8H2,(H,17,21)(H,19,20). The van der Waals surface area contributed by atoms with Crippen molar-refractivity contribution in [1.29, 1.82) is 0 Å². The van der Waals surface area contributed by atoms with Crippen molar-refractivity contribution in [3.05, 3.63) is 69.9 Å². The van der Waals surface area contributed by atoms with Crippen molar-refractivity contribution in [1.82, 2.24) is 9.55 Å². The molecule has 6 heteroatoms. The fourth-order valence-electron chi connectivity index (χ4n) is 2.33. The van der Waals surface area contributed by atoms with Crippen LogP contribution in [0, 0.1) is 5.82 Å². The second-order valence-electron chi connectivity index (χ2n) is 4.65. The third kappa shape index (κ3) is 2.31. The van der Waals surface area contributed by atoms with Crippen LogP contribution in [0.25, 0.3) is 11.0 Å². The number of H-pyrrole nitrogens is 1. The zero-order valence-electron chi connectivity index (χ0n) is 10.8. The zero-order chi connectivity index (χ0) is 15.0. The van der Waals surface area contributed by atoms with Gasteiger partial charge in [0.05, 0.1) is 23.1 Å². The number of nitrogens with zero attached hydrogens (tertiary/aromatic N) is 1. The van der Waals surface area contributed by atoms with Gasteiger partial charge in [-0.25, -0.2) is 14.0 Å². The molecule has 0 aliphatic carbocycles. The number of aromatic amines is 1. The molecule has 3 rings (SSSR count). The Bertz CT molecular complexity index is 895. The maximum atomic E-state index is 13.2. The Morgan fingerprint density at radius 3 is 2.71 bits per heavy atom. The molecule has 0 saturated heterocycles. The SMILES string of the molecule is O=C(O)c1cccc2c1[nH]c(=O)n2Cc1cccc(F)c1. The Hall–Kier alpha value is -2.89. The fourth-order valence-corrected chi connectivity index (χ4v) is 2.33. The molecule has 0 amide bonds. The highest BCUT2D eigenvalue weighted by molar-refractivity contribution is 6.00. The number of nitrogens with one attached hydrogen (secondary N) is 1. The molecule has 0 radical (unpaired) electrons. The summed E-state index contributed by atoms with van der Waals surface area (Å²) in [5.41, 5.74) is 0.972. The molecule has 1 aromatic heterocycles. The number of rotatable bonds is 3. The maximum absolute atomic E-state index is 13.2. The van der Waals surface area contributed by atoms with Gasteiger partial charge in [0.15, 0.2) is 0 Å². The van der Waals surface area contributed by atoms with Gasteiger partial charge in [-0.05, 0) is 29.8 Å². The molecule has 0 saturated carbocycles. The van der Waals surface area contributed by atoms with Crippen molar-refractivity contribution in [2.75, 3.05) is 0 Å². The average molecular weight is 286 g/mol. The first kappa shape index (κ1) is 13.1. The topological polar surface area (TPSA) is 75.1 Å². The molecule has 2 aromatic carbocycles. The molecule has 2 N–H and O–H groups in total. The van der Waals surface area contributed by atoms with Gasteiger partial charge >= 0.3 is 11.7 Å². The Balaban J connectivity index is 2.15. The van der Waals surface area contributed by atoms with Crippen LogP contribution in [0.1, 0.15) is 15.9 Å². The van der Waals surface area contributed by atoms with Gasteiger partial charge in [-0.3, -0.25) is 4.57 Å². The van der Waals surface area contributed by atoms with E-state index in [1.165, 1.54) is 22.8 Å². The molecule has 0 atom stereocenters. The fraction of sp³-hybridized carbons (Fsp3) is 0.0667. The van der Waals surface area contributed by atoms with Crippen molar-refractivity contribution in [3.8, 4) is 0 Å². The van der Waals surface area contributed by atoms with Crippen LogP contribution in [0.4, 0.5) is 4.39 Å². The summed E-state index contributed by atoms with van der Waals surface area (Å²) < 4.78 is 14.6. The van der Waals surface area contributed by atoms with Gasteiger partial charge in [0, 0.05) is 0 Å². The predicted octanol–water partition coefficient (Wildman–Crippen LogP) is 2.22. The molecule has 0 aliphatic rings. The van der Waals surface area contributed by atoms with Crippen LogP contribution in [0.2, 0.25) is 0 Å². The number of imidazole rings is 1. The van der Waals surface area contributed by atoms with Gasteiger partial charge < -0.3 is 10.1 Å². The highest BCUT2D eigenvalue weighted by atomic mass is 19.1. The maximum Gasteiger partial charge on any atom is 0.337 e. The van der Waals surface area contributed by atoms with Gasteiger partial charge in [-0.1, -0.05) is 18.2 Å². The molecule has 106 valence electrons. The first-order valence-electron chi connectivity index (χ1n) is 6.25. The van der Waals surface area contributed by atoms with E-state index in [2.05, 4.69) is 4.98 Å². The number of carbonyl (C=O) groups is 1. The summed E-state index contributed by atoms with van der Waals surface area (Å²) in [4.78, 5) is 25.7. The van der Waals surface area contributed by atoms with E-state index in [9.17, 15) is 14.0 Å². The van der Waals surface area contributed by atoms with E-state index in [0.717, 1.165) is 0 Å². The van der Waals surface area contributed by atoms with Crippen molar-refractivity contribution >= 4 is 17.0 Å². The molecular weight excluding hydrogens is 275 g/mol. The van der Waals surface area contributed by atoms with Crippen LogP contribution < -0.4 is 5.69 Å². The van der Waals surface area contributed by atoms with Gasteiger partial charge in [-0.2, -0.15) is 0 Å². The van der Waals surface area contributed by atoms with Gasteiger partial charge in [0.25, 0.3) is 0 Å². The zero-order valence-corrected chi connectivity index (χ0v) is 10.8. The Kier molecular flexibility index (Phi) is 3.06. The quantitative estimate of drug-likeness (QED) is 0.775. The van der Waals surface area contributed by atoms with Crippen LogP contribution in [-0.2, 0) is 6.54 Å². The van der Waals surface area contributed by atoms with Crippen LogP contribution in [0.3, 0.4) is 0 Å². The third-order valence-corrected chi connectivity index (χ3v) is 3.27. The summed E-state index contributed by atoms with van der Waals surface area (Å²) in [6.45, 7) is 0.166.